The average molecular weight is 396 g/mol. The van der Waals surface area contributed by atoms with E-state index in [1.807, 2.05) is 13.8 Å². The number of methoxy groups -OCH3 is 1. The third kappa shape index (κ3) is 3.97. The molecule has 0 spiro atoms. The topological polar surface area (TPSA) is 99.0 Å². The smallest absolute Gasteiger partial charge is 0.328 e. The number of ether oxygens (including phenoxy) is 1. The molecule has 0 aliphatic carbocycles. The van der Waals surface area contributed by atoms with E-state index in [9.17, 15) is 9.59 Å². The van der Waals surface area contributed by atoms with E-state index in [0.717, 1.165) is 10.9 Å². The maximum absolute atomic E-state index is 12.7. The molecular weight excluding hydrogens is 378 g/mol. The summed E-state index contributed by atoms with van der Waals surface area (Å²) >= 11 is 3.35. The maximum atomic E-state index is 12.7. The summed E-state index contributed by atoms with van der Waals surface area (Å²) in [4.78, 5) is 24.7. The van der Waals surface area contributed by atoms with Crippen molar-refractivity contribution < 1.29 is 14.3 Å². The van der Waals surface area contributed by atoms with Crippen LogP contribution in [0.5, 0.6) is 0 Å². The molecule has 1 aromatic heterocycles. The van der Waals surface area contributed by atoms with Gasteiger partial charge in [0.05, 0.1) is 18.4 Å². The molecule has 2 atom stereocenters. The summed E-state index contributed by atoms with van der Waals surface area (Å²) in [5.74, 6) is -0.945. The second-order valence-corrected chi connectivity index (χ2v) is 6.19. The first kappa shape index (κ1) is 18.1. The predicted molar refractivity (Wildman–Crippen MR) is 89.6 cm³/mol. The van der Waals surface area contributed by atoms with Crippen molar-refractivity contribution in [2.24, 2.45) is 5.92 Å². The molecule has 2 rings (SSSR count). The first-order chi connectivity index (χ1) is 11.5. The summed E-state index contributed by atoms with van der Waals surface area (Å²) in [7, 11) is 1.30. The van der Waals surface area contributed by atoms with Gasteiger partial charge in [-0.3, -0.25) is 4.79 Å². The van der Waals surface area contributed by atoms with Crippen LogP contribution >= 0.6 is 15.9 Å². The van der Waals surface area contributed by atoms with E-state index in [1.54, 1.807) is 18.2 Å². The Bertz CT molecular complexity index is 720. The third-order valence-corrected chi connectivity index (χ3v) is 4.25. The highest BCUT2D eigenvalue weighted by atomic mass is 79.9. The number of aromatic nitrogens is 4. The van der Waals surface area contributed by atoms with Crippen molar-refractivity contribution in [2.75, 3.05) is 7.11 Å². The molecule has 0 saturated heterocycles. The van der Waals surface area contributed by atoms with Crippen LogP contribution in [0, 0.1) is 5.92 Å². The molecule has 2 aromatic rings. The Kier molecular flexibility index (Phi) is 6.02. The Morgan fingerprint density at radius 3 is 2.75 bits per heavy atom. The van der Waals surface area contributed by atoms with Gasteiger partial charge in [0, 0.05) is 4.47 Å². The minimum atomic E-state index is -0.729. The molecule has 9 heteroatoms. The molecule has 0 saturated carbocycles. The lowest BCUT2D eigenvalue weighted by Gasteiger charge is -2.22. The number of esters is 1. The largest absolute Gasteiger partial charge is 0.467 e. The molecule has 24 heavy (non-hydrogen) atoms. The van der Waals surface area contributed by atoms with Crippen molar-refractivity contribution in [2.45, 2.75) is 26.3 Å². The quantitative estimate of drug-likeness (QED) is 0.747. The van der Waals surface area contributed by atoms with E-state index in [0.29, 0.717) is 11.3 Å². The van der Waals surface area contributed by atoms with E-state index >= 15 is 0 Å². The lowest BCUT2D eigenvalue weighted by molar-refractivity contribution is -0.144. The van der Waals surface area contributed by atoms with E-state index in [-0.39, 0.29) is 5.92 Å². The van der Waals surface area contributed by atoms with Gasteiger partial charge in [-0.25, -0.2) is 4.79 Å². The molecule has 8 nitrogen and oxygen atoms in total. The van der Waals surface area contributed by atoms with Crippen molar-refractivity contribution in [3.8, 4) is 5.69 Å². The molecule has 1 amide bonds. The van der Waals surface area contributed by atoms with Gasteiger partial charge in [0.1, 0.15) is 12.4 Å². The molecule has 128 valence electrons. The normalized spacial score (nSPS) is 13.2. The fourth-order valence-corrected chi connectivity index (χ4v) is 2.54. The number of carbonyl (C=O) groups excluding carboxylic acids is 2. The van der Waals surface area contributed by atoms with Gasteiger partial charge in [-0.05, 0) is 34.5 Å². The minimum absolute atomic E-state index is 0.0648. The van der Waals surface area contributed by atoms with Gasteiger partial charge in [0.15, 0.2) is 0 Å². The number of hydrogen-bond acceptors (Lipinski definition) is 6. The van der Waals surface area contributed by atoms with Crippen LogP contribution in [-0.2, 0) is 9.53 Å². The van der Waals surface area contributed by atoms with E-state index in [2.05, 4.69) is 36.8 Å². The average Bonchev–Trinajstić information content (AvgIpc) is 3.12. The Balaban J connectivity index is 2.35. The zero-order valence-corrected chi connectivity index (χ0v) is 15.1. The van der Waals surface area contributed by atoms with E-state index in [4.69, 9.17) is 4.74 Å². The summed E-state index contributed by atoms with van der Waals surface area (Å²) in [5, 5.41) is 13.7. The molecular formula is C15H18BrN5O3. The molecule has 0 aliphatic heterocycles. The number of hydrogen-bond donors (Lipinski definition) is 1. The van der Waals surface area contributed by atoms with Crippen LogP contribution in [0.4, 0.5) is 0 Å². The molecule has 1 N–H and O–H groups in total. The SMILES string of the molecule is CCC(C)[C@H](NC(=O)c1cc(Br)ccc1-n1cnnn1)C(=O)OC. The molecule has 1 heterocycles. The highest BCUT2D eigenvalue weighted by Crippen LogP contribution is 2.20. The predicted octanol–water partition coefficient (Wildman–Crippen LogP) is 1.74. The Labute approximate surface area is 147 Å². The fraction of sp³-hybridized carbons (Fsp3) is 0.400. The zero-order valence-electron chi connectivity index (χ0n) is 13.6. The number of rotatable bonds is 6. The summed E-state index contributed by atoms with van der Waals surface area (Å²) in [6, 6.07) is 4.41. The summed E-state index contributed by atoms with van der Waals surface area (Å²) < 4.78 is 6.91. The van der Waals surface area contributed by atoms with Gasteiger partial charge in [-0.15, -0.1) is 5.10 Å². The lowest BCUT2D eigenvalue weighted by Crippen LogP contribution is -2.45. The number of halogens is 1. The zero-order chi connectivity index (χ0) is 17.7. The second kappa shape index (κ2) is 8.00. The van der Waals surface area contributed by atoms with Crippen molar-refractivity contribution in [3.63, 3.8) is 0 Å². The van der Waals surface area contributed by atoms with Crippen LogP contribution in [0.1, 0.15) is 30.6 Å². The number of amides is 1. The Morgan fingerprint density at radius 2 is 2.17 bits per heavy atom. The van der Waals surface area contributed by atoms with Crippen molar-refractivity contribution >= 4 is 27.8 Å². The Hall–Kier alpha value is -2.29. The number of carbonyl (C=O) groups is 2. The molecule has 0 radical (unpaired) electrons. The maximum Gasteiger partial charge on any atom is 0.328 e. The standard InChI is InChI=1S/C15H18BrN5O3/c1-4-9(2)13(15(23)24-3)18-14(22)11-7-10(16)5-6-12(11)21-8-17-19-20-21/h5-9,13H,4H2,1-3H3,(H,18,22)/t9?,13-/m0/s1. The Morgan fingerprint density at radius 1 is 1.42 bits per heavy atom. The number of nitrogens with one attached hydrogen (secondary N) is 1. The summed E-state index contributed by atoms with van der Waals surface area (Å²) in [5.41, 5.74) is 0.849. The monoisotopic (exact) mass is 395 g/mol. The molecule has 0 aliphatic rings. The van der Waals surface area contributed by atoms with Crippen molar-refractivity contribution in [3.05, 3.63) is 34.6 Å². The number of nitrogens with zero attached hydrogens (tertiary/aromatic N) is 4. The van der Waals surface area contributed by atoms with Gasteiger partial charge in [0.2, 0.25) is 0 Å². The first-order valence-corrected chi connectivity index (χ1v) is 8.18. The fourth-order valence-electron chi connectivity index (χ4n) is 2.18. The first-order valence-electron chi connectivity index (χ1n) is 7.39. The number of tetrazole rings is 1. The van der Waals surface area contributed by atoms with Crippen LogP contribution in [0.3, 0.4) is 0 Å². The van der Waals surface area contributed by atoms with Crippen molar-refractivity contribution in [1.82, 2.24) is 25.5 Å². The van der Waals surface area contributed by atoms with Gasteiger partial charge in [0.25, 0.3) is 5.91 Å². The highest BCUT2D eigenvalue weighted by Gasteiger charge is 2.28. The molecule has 1 aromatic carbocycles. The van der Waals surface area contributed by atoms with Gasteiger partial charge in [-0.1, -0.05) is 36.2 Å². The van der Waals surface area contributed by atoms with Crippen LogP contribution in [0.2, 0.25) is 0 Å². The van der Waals surface area contributed by atoms with Gasteiger partial charge in [-0.2, -0.15) is 4.68 Å². The molecule has 0 bridgehead atoms. The van der Waals surface area contributed by atoms with Crippen LogP contribution in [-0.4, -0.2) is 45.2 Å². The van der Waals surface area contributed by atoms with Gasteiger partial charge < -0.3 is 10.1 Å². The van der Waals surface area contributed by atoms with Crippen LogP contribution in [0.15, 0.2) is 29.0 Å². The van der Waals surface area contributed by atoms with Gasteiger partial charge >= 0.3 is 5.97 Å². The minimum Gasteiger partial charge on any atom is -0.467 e. The van der Waals surface area contributed by atoms with E-state index in [1.165, 1.54) is 18.1 Å². The third-order valence-electron chi connectivity index (χ3n) is 3.75. The van der Waals surface area contributed by atoms with Crippen LogP contribution < -0.4 is 5.32 Å². The highest BCUT2D eigenvalue weighted by molar-refractivity contribution is 9.10. The summed E-state index contributed by atoms with van der Waals surface area (Å²) in [6.45, 7) is 3.82. The molecule has 1 unspecified atom stereocenters. The summed E-state index contributed by atoms with van der Waals surface area (Å²) in [6.07, 6.45) is 2.12. The van der Waals surface area contributed by atoms with Crippen molar-refractivity contribution in [1.29, 1.82) is 0 Å². The van der Waals surface area contributed by atoms with E-state index < -0.39 is 17.9 Å². The van der Waals surface area contributed by atoms with Crippen LogP contribution in [0.25, 0.3) is 5.69 Å². The lowest BCUT2D eigenvalue weighted by atomic mass is 9.98. The molecule has 0 fully saturated rings. The second-order valence-electron chi connectivity index (χ2n) is 5.28. The number of benzene rings is 1.